The van der Waals surface area contributed by atoms with Crippen LogP contribution in [0.15, 0.2) is 107 Å². The van der Waals surface area contributed by atoms with Gasteiger partial charge in [-0.05, 0) is 124 Å². The van der Waals surface area contributed by atoms with E-state index in [4.69, 9.17) is 56.6 Å². The van der Waals surface area contributed by atoms with E-state index in [-0.39, 0.29) is 136 Å². The first-order valence-corrected chi connectivity index (χ1v) is 36.9. The number of imide groups is 1. The van der Waals surface area contributed by atoms with Gasteiger partial charge in [0, 0.05) is 92.5 Å². The van der Waals surface area contributed by atoms with Crippen molar-refractivity contribution in [3.05, 3.63) is 83.6 Å². The molecule has 3 aliphatic heterocycles. The number of carbonyl (C=O) groups is 8. The molecular formula is C65H99N21O13S3. The predicted octanol–water partition coefficient (Wildman–Crippen LogP) is -0.516. The third kappa shape index (κ3) is 25.3. The van der Waals surface area contributed by atoms with E-state index in [1.54, 1.807) is 31.2 Å². The predicted molar refractivity (Wildman–Crippen MR) is 393 cm³/mol. The molecule has 8 amide bonds. The maximum atomic E-state index is 14.3. The molecule has 1 saturated heterocycles. The first kappa shape index (κ1) is 83.2. The molecule has 102 heavy (non-hydrogen) atoms. The molecule has 3 heterocycles. The molecule has 3 aliphatic rings. The quantitative estimate of drug-likeness (QED) is 0.00756. The average molecular weight is 1480 g/mol. The fraction of sp³-hybridized carbons (Fsp3) is 0.523. The van der Waals surface area contributed by atoms with Crippen molar-refractivity contribution in [2.24, 2.45) is 82.5 Å². The third-order valence-corrected chi connectivity index (χ3v) is 20.0. The maximum Gasteiger partial charge on any atom is 0.294 e. The molecule has 2 unspecified atom stereocenters. The van der Waals surface area contributed by atoms with E-state index in [0.29, 0.717) is 49.9 Å². The molecule has 2 aromatic carbocycles. The van der Waals surface area contributed by atoms with Gasteiger partial charge in [-0.15, -0.1) is 11.8 Å². The summed E-state index contributed by atoms with van der Waals surface area (Å²) in [6.07, 6.45) is 12.1. The van der Waals surface area contributed by atoms with Crippen LogP contribution in [0.5, 0.6) is 0 Å². The highest BCUT2D eigenvalue weighted by Crippen LogP contribution is 2.49. The lowest BCUT2D eigenvalue weighted by molar-refractivity contribution is -0.138. The van der Waals surface area contributed by atoms with Crippen molar-refractivity contribution >= 4 is 121 Å². The molecule has 34 nitrogen and oxygen atoms in total. The number of amides is 8. The Balaban J connectivity index is 1.17. The Bertz CT molecular complexity index is 3760. The number of nitrogens with two attached hydrogens (primary N) is 9. The summed E-state index contributed by atoms with van der Waals surface area (Å²) in [5, 5.41) is 12.4. The summed E-state index contributed by atoms with van der Waals surface area (Å²) in [7, 11) is -4.51. The minimum atomic E-state index is -4.51. The van der Waals surface area contributed by atoms with Crippen LogP contribution in [0.1, 0.15) is 129 Å². The van der Waals surface area contributed by atoms with E-state index in [2.05, 4.69) is 51.5 Å². The van der Waals surface area contributed by atoms with E-state index in [1.807, 2.05) is 58.1 Å². The largest absolute Gasteiger partial charge is 0.370 e. The highest BCUT2D eigenvalue weighted by molar-refractivity contribution is 8.00. The Morgan fingerprint density at radius 1 is 0.657 bits per heavy atom. The molecule has 560 valence electrons. The van der Waals surface area contributed by atoms with Gasteiger partial charge in [0.15, 0.2) is 34.9 Å². The normalized spacial score (nSPS) is 17.3. The van der Waals surface area contributed by atoms with Gasteiger partial charge < -0.3 is 87.6 Å². The molecule has 0 spiro atoms. The zero-order valence-electron chi connectivity index (χ0n) is 58.1. The summed E-state index contributed by atoms with van der Waals surface area (Å²) in [6.45, 7) is 10.3. The first-order chi connectivity index (χ1) is 48.0. The number of nitrogens with one attached hydrogen (secondary N) is 5. The molecular weight excluding hydrogens is 1380 g/mol. The standard InChI is InChI=1S/C65H99N21O13S3/c1-38(16-12-27-76-60(67)68)55(90)81-44(17-13-28-77-61(69)70)56(91)82-45(18-14-29-78-62(71)72)57(92)83-46(19-15-30-79-63(73)74)58(93)84-47(54(66)89)37-100-49-36-53(88)86(59(49)94)33-31-75-52(87)22-10-7-11-32-85-48-26-24-40(102(97,98)99)35-42(48)65(4,5)51(85)21-9-6-8-20-50-64(2,3)41-34-39(101(95)96)23-25-43(41)80-50/h6,8-9,20-21,23-26,34-35,38,44-47,49H,7,10-19,22,27-33,36-37H2,1-5H3,(H2,66,89)(H,75,87)(H,81,90)(H,82,91)(H,83,92)(H,84,93)(H,95,96)(H4,67,68,76)(H4,69,70,77)(H4,71,72,78)(H4,73,74,79)(H,97,98,99)/b9-6+,20-8+,51-21+/t38-,44-,45-,46-,47-,49?/m1/s1. The van der Waals surface area contributed by atoms with Crippen LogP contribution in [-0.2, 0) is 70.4 Å². The van der Waals surface area contributed by atoms with E-state index in [0.717, 1.165) is 39.3 Å². The molecule has 0 aliphatic carbocycles. The zero-order chi connectivity index (χ0) is 75.6. The van der Waals surface area contributed by atoms with Gasteiger partial charge in [0.1, 0.15) is 24.2 Å². The summed E-state index contributed by atoms with van der Waals surface area (Å²) in [6, 6.07) is 4.05. The number of aliphatic imine (C=N–C) groups is 5. The first-order valence-electron chi connectivity index (χ1n) is 33.3. The molecule has 37 heteroatoms. The number of nitrogens with zero attached hydrogens (tertiary/aromatic N) is 7. The molecule has 0 aromatic heterocycles. The molecule has 1 fully saturated rings. The smallest absolute Gasteiger partial charge is 0.294 e. The van der Waals surface area contributed by atoms with Crippen LogP contribution < -0.4 is 83.1 Å². The number of hydrogen-bond donors (Lipinski definition) is 16. The highest BCUT2D eigenvalue weighted by Gasteiger charge is 2.42. The maximum absolute atomic E-state index is 14.3. The van der Waals surface area contributed by atoms with Crippen LogP contribution in [0.2, 0.25) is 0 Å². The van der Waals surface area contributed by atoms with Gasteiger partial charge in [-0.3, -0.25) is 72.8 Å². The van der Waals surface area contributed by atoms with Gasteiger partial charge in [-0.2, -0.15) is 8.42 Å². The molecule has 7 atom stereocenters. The number of guanidine groups is 4. The van der Waals surface area contributed by atoms with Crippen LogP contribution in [0.3, 0.4) is 0 Å². The third-order valence-electron chi connectivity index (χ3n) is 17.2. The lowest BCUT2D eigenvalue weighted by Crippen LogP contribution is -2.58. The van der Waals surface area contributed by atoms with Crippen LogP contribution in [-0.4, -0.2) is 184 Å². The van der Waals surface area contributed by atoms with E-state index < -0.39 is 109 Å². The Morgan fingerprint density at radius 3 is 1.71 bits per heavy atom. The van der Waals surface area contributed by atoms with Gasteiger partial charge in [0.05, 0.1) is 26.4 Å². The molecule has 0 bridgehead atoms. The molecule has 2 aromatic rings. The number of likely N-dealkylation sites (tertiary alicyclic amines) is 1. The van der Waals surface area contributed by atoms with Crippen molar-refractivity contribution in [1.82, 2.24) is 31.5 Å². The summed E-state index contributed by atoms with van der Waals surface area (Å²) in [5.41, 5.74) is 53.2. The van der Waals surface area contributed by atoms with Crippen LogP contribution >= 0.6 is 11.8 Å². The van der Waals surface area contributed by atoms with E-state index >= 15 is 0 Å². The number of anilines is 1. The minimum Gasteiger partial charge on any atom is -0.370 e. The van der Waals surface area contributed by atoms with Crippen LogP contribution in [0.4, 0.5) is 11.4 Å². The minimum absolute atomic E-state index is 0.0162. The summed E-state index contributed by atoms with van der Waals surface area (Å²) >= 11 is -1.24. The van der Waals surface area contributed by atoms with Crippen molar-refractivity contribution in [2.75, 3.05) is 56.5 Å². The number of carbonyl (C=O) groups excluding carboxylic acids is 8. The van der Waals surface area contributed by atoms with Gasteiger partial charge in [-0.1, -0.05) is 59.3 Å². The lowest BCUT2D eigenvalue weighted by Gasteiger charge is -2.27. The Morgan fingerprint density at radius 2 is 1.19 bits per heavy atom. The summed E-state index contributed by atoms with van der Waals surface area (Å²) in [5.74, 6) is -7.06. The second kappa shape index (κ2) is 39.1. The Hall–Kier alpha value is -9.46. The number of unbranched alkanes of at least 4 members (excludes halogenated alkanes) is 2. The van der Waals surface area contributed by atoms with Gasteiger partial charge in [0.25, 0.3) is 10.1 Å². The van der Waals surface area contributed by atoms with Crippen molar-refractivity contribution in [3.63, 3.8) is 0 Å². The van der Waals surface area contributed by atoms with Gasteiger partial charge in [-0.25, -0.2) is 4.21 Å². The molecule has 25 N–H and O–H groups in total. The number of rotatable bonds is 42. The highest BCUT2D eigenvalue weighted by atomic mass is 32.2. The number of fused-ring (bicyclic) bond motifs is 2. The second-order valence-corrected chi connectivity index (χ2v) is 29.3. The fourth-order valence-electron chi connectivity index (χ4n) is 11.5. The molecule has 0 saturated carbocycles. The van der Waals surface area contributed by atoms with Crippen molar-refractivity contribution < 1.29 is 60.1 Å². The second-order valence-electron chi connectivity index (χ2n) is 25.7. The Labute approximate surface area is 600 Å². The molecule has 0 radical (unpaired) electrons. The van der Waals surface area contributed by atoms with E-state index in [9.17, 15) is 60.1 Å². The number of thioether (sulfide) groups is 1. The van der Waals surface area contributed by atoms with Crippen molar-refractivity contribution in [1.29, 1.82) is 0 Å². The fourth-order valence-corrected chi connectivity index (χ4v) is 13.6. The number of hydrogen-bond acceptors (Lipinski definition) is 18. The summed E-state index contributed by atoms with van der Waals surface area (Å²) in [4.78, 5) is 133. The Kier molecular flexibility index (Phi) is 31.9. The SMILES string of the molecule is C[C@H](CCCN=C(N)N)C(=O)N[C@H](CCCN=C(N)N)C(=O)N[C@H](CCCN=C(N)N)C(=O)N[C@H](CCCN=C(N)N)C(=O)N[C@H](CSC1CC(=O)N(CCNC(=O)CCCCCN2/C(=C/C=C/C=C/C3=Nc4ccc(S(=O)O)cc4C3(C)C)C(C)(C)c3cc(S(=O)(=O)O)ccc32)C1=O)C(N)=O. The zero-order valence-corrected chi connectivity index (χ0v) is 60.6. The van der Waals surface area contributed by atoms with Crippen LogP contribution in [0, 0.1) is 5.92 Å². The number of allylic oxidation sites excluding steroid dienone is 6. The van der Waals surface area contributed by atoms with Gasteiger partial charge in [0.2, 0.25) is 47.3 Å². The van der Waals surface area contributed by atoms with Gasteiger partial charge >= 0.3 is 0 Å². The van der Waals surface area contributed by atoms with E-state index in [1.165, 1.54) is 12.1 Å². The number of primary amides is 1. The monoisotopic (exact) mass is 1480 g/mol. The van der Waals surface area contributed by atoms with Crippen molar-refractivity contribution in [3.8, 4) is 0 Å². The van der Waals surface area contributed by atoms with Crippen molar-refractivity contribution in [2.45, 2.75) is 168 Å². The summed E-state index contributed by atoms with van der Waals surface area (Å²) < 4.78 is 55.9. The lowest BCUT2D eigenvalue weighted by atomic mass is 9.81. The average Bonchev–Trinajstić information content (AvgIpc) is 1.59. The molecule has 5 rings (SSSR count). The van der Waals surface area contributed by atoms with Crippen LogP contribution in [0.25, 0.3) is 0 Å². The topological polar surface area (TPSA) is 591 Å². The number of benzene rings is 2.